The van der Waals surface area contributed by atoms with E-state index in [2.05, 4.69) is 26.0 Å². The van der Waals surface area contributed by atoms with Crippen LogP contribution in [0.4, 0.5) is 10.5 Å². The summed E-state index contributed by atoms with van der Waals surface area (Å²) in [5, 5.41) is 10.6. The smallest absolute Gasteiger partial charge is 0.312 e. The Kier molecular flexibility index (Phi) is 14.1. The molecule has 0 spiro atoms. The lowest BCUT2D eigenvalue weighted by molar-refractivity contribution is -0.139. The van der Waals surface area contributed by atoms with Gasteiger partial charge in [0.2, 0.25) is 29.5 Å². The van der Waals surface area contributed by atoms with Gasteiger partial charge in [-0.2, -0.15) is 0 Å². The minimum Gasteiger partial charge on any atom is -0.463 e. The Bertz CT molecular complexity index is 1230. The van der Waals surface area contributed by atoms with Crippen molar-refractivity contribution in [3.05, 3.63) is 29.8 Å². The van der Waals surface area contributed by atoms with Crippen LogP contribution < -0.4 is 27.0 Å². The Labute approximate surface area is 258 Å². The summed E-state index contributed by atoms with van der Waals surface area (Å²) < 4.78 is 11.4. The number of rotatable bonds is 18. The summed E-state index contributed by atoms with van der Waals surface area (Å²) in [5.41, 5.74) is 6.13. The van der Waals surface area contributed by atoms with Crippen LogP contribution in [0.2, 0.25) is 0 Å². The molecule has 14 nitrogen and oxygen atoms in total. The SMILES string of the molecule is [2H]C(=O)OCc1ccc(NC(=O)[C@H](CCCNC(N)=O)NC(=O)C(NC(=O)CCCCCN2C(=O)CC(C)C2=O)C(C)C)cc1. The highest BCUT2D eigenvalue weighted by Crippen LogP contribution is 2.19. The predicted molar refractivity (Wildman–Crippen MR) is 160 cm³/mol. The summed E-state index contributed by atoms with van der Waals surface area (Å²) in [5.74, 6) is -2.33. The van der Waals surface area contributed by atoms with Crippen LogP contribution in [0.5, 0.6) is 0 Å². The number of primary amides is 1. The molecule has 14 heteroatoms. The molecule has 1 aliphatic rings. The van der Waals surface area contributed by atoms with Crippen molar-refractivity contribution in [2.75, 3.05) is 18.4 Å². The van der Waals surface area contributed by atoms with Crippen molar-refractivity contribution >= 4 is 47.7 Å². The van der Waals surface area contributed by atoms with Crippen LogP contribution in [0.25, 0.3) is 0 Å². The largest absolute Gasteiger partial charge is 0.463 e. The maximum absolute atomic E-state index is 13.3. The van der Waals surface area contributed by atoms with Gasteiger partial charge in [-0.05, 0) is 49.3 Å². The standard InChI is InChI=1S/C30H44N6O8/c1-19(2)26(35-24(38)9-5-4-6-15-36-25(39)16-20(3)29(36)42)28(41)34-23(8-7-14-32-30(31)43)27(40)33-22-12-10-21(11-13-22)17-44-18-37/h10-13,18-20,23,26H,4-9,14-17H2,1-3H3,(H,33,40)(H,34,41)(H,35,38)(H3,31,32,43)/t20?,23-,26?/m0/s1/i18D. The van der Waals surface area contributed by atoms with E-state index in [1.54, 1.807) is 45.0 Å². The average Bonchev–Trinajstić information content (AvgIpc) is 3.21. The average molecular weight is 618 g/mol. The van der Waals surface area contributed by atoms with Gasteiger partial charge >= 0.3 is 6.03 Å². The molecule has 1 aromatic rings. The number of benzene rings is 1. The molecule has 0 aromatic heterocycles. The molecule has 1 saturated heterocycles. The maximum atomic E-state index is 13.3. The van der Waals surface area contributed by atoms with Crippen LogP contribution in [-0.4, -0.2) is 72.1 Å². The number of urea groups is 1. The zero-order chi connectivity index (χ0) is 33.5. The lowest BCUT2D eigenvalue weighted by Gasteiger charge is -2.25. The summed E-state index contributed by atoms with van der Waals surface area (Å²) in [6.07, 6.45) is 1.41. The summed E-state index contributed by atoms with van der Waals surface area (Å²) in [6.45, 7) is 5.67. The molecule has 1 aliphatic heterocycles. The van der Waals surface area contributed by atoms with Gasteiger partial charge in [-0.1, -0.05) is 39.3 Å². The summed E-state index contributed by atoms with van der Waals surface area (Å²) >= 11 is 0. The predicted octanol–water partition coefficient (Wildman–Crippen LogP) is 1.33. The van der Waals surface area contributed by atoms with E-state index in [0.717, 1.165) is 0 Å². The minimum absolute atomic E-state index is 0.0929. The summed E-state index contributed by atoms with van der Waals surface area (Å²) in [7, 11) is 0. The number of nitrogens with zero attached hydrogens (tertiary/aromatic N) is 1. The van der Waals surface area contributed by atoms with Gasteiger partial charge in [0.05, 0.1) is 0 Å². The quantitative estimate of drug-likeness (QED) is 0.0920. The van der Waals surface area contributed by atoms with Crippen LogP contribution in [0.15, 0.2) is 24.3 Å². The topological polar surface area (TPSA) is 206 Å². The Balaban J connectivity index is 1.93. The molecular weight excluding hydrogens is 572 g/mol. The number of anilines is 1. The van der Waals surface area contributed by atoms with E-state index >= 15 is 0 Å². The Hall–Kier alpha value is -4.49. The third kappa shape index (κ3) is 12.0. The lowest BCUT2D eigenvalue weighted by Crippen LogP contribution is -2.54. The first-order valence-electron chi connectivity index (χ1n) is 15.3. The first kappa shape index (κ1) is 34.0. The lowest BCUT2D eigenvalue weighted by atomic mass is 10.0. The molecule has 2 unspecified atom stereocenters. The molecular formula is C30H44N6O8. The Morgan fingerprint density at radius 1 is 1.07 bits per heavy atom. The molecule has 0 saturated carbocycles. The number of nitrogens with two attached hydrogens (primary N) is 1. The molecule has 242 valence electrons. The van der Waals surface area contributed by atoms with E-state index in [1.165, 1.54) is 4.90 Å². The van der Waals surface area contributed by atoms with Gasteiger partial charge in [0.25, 0.3) is 6.45 Å². The fourth-order valence-electron chi connectivity index (χ4n) is 4.67. The summed E-state index contributed by atoms with van der Waals surface area (Å²) in [4.78, 5) is 86.1. The Morgan fingerprint density at radius 2 is 1.77 bits per heavy atom. The fourth-order valence-corrected chi connectivity index (χ4v) is 4.67. The number of nitrogens with one attached hydrogen (secondary N) is 4. The number of unbranched alkanes of at least 4 members (excludes halogenated alkanes) is 2. The monoisotopic (exact) mass is 617 g/mol. The number of carbonyl (C=O) groups excluding carboxylic acids is 7. The van der Waals surface area contributed by atoms with Gasteiger partial charge in [0.1, 0.15) is 18.7 Å². The second kappa shape index (κ2) is 18.2. The van der Waals surface area contributed by atoms with Crippen molar-refractivity contribution in [2.24, 2.45) is 17.6 Å². The van der Waals surface area contributed by atoms with E-state index in [0.29, 0.717) is 43.5 Å². The van der Waals surface area contributed by atoms with Crippen LogP contribution in [0.1, 0.15) is 72.7 Å². The number of hydrogen-bond acceptors (Lipinski definition) is 8. The molecule has 0 bridgehead atoms. The highest BCUT2D eigenvalue weighted by Gasteiger charge is 2.35. The molecule has 7 amide bonds. The normalized spacial score (nSPS) is 16.1. The van der Waals surface area contributed by atoms with Crippen molar-refractivity contribution in [1.82, 2.24) is 20.9 Å². The maximum Gasteiger partial charge on any atom is 0.312 e. The Morgan fingerprint density at radius 3 is 2.36 bits per heavy atom. The summed E-state index contributed by atoms with van der Waals surface area (Å²) in [6, 6.07) is 3.74. The second-order valence-corrected chi connectivity index (χ2v) is 11.1. The molecule has 0 aliphatic carbocycles. The van der Waals surface area contributed by atoms with E-state index in [1.807, 2.05) is 0 Å². The highest BCUT2D eigenvalue weighted by atomic mass is 16.5. The number of hydrogen-bond donors (Lipinski definition) is 5. The van der Waals surface area contributed by atoms with Crippen molar-refractivity contribution in [1.29, 1.82) is 0 Å². The van der Waals surface area contributed by atoms with Gasteiger partial charge in [-0.3, -0.25) is 33.7 Å². The molecule has 1 aromatic carbocycles. The highest BCUT2D eigenvalue weighted by molar-refractivity contribution is 6.03. The molecule has 2 rings (SSSR count). The van der Waals surface area contributed by atoms with Crippen LogP contribution >= 0.6 is 0 Å². The van der Waals surface area contributed by atoms with Gasteiger partial charge in [-0.25, -0.2) is 4.79 Å². The number of ether oxygens (including phenoxy) is 1. The molecule has 6 N–H and O–H groups in total. The van der Waals surface area contributed by atoms with Crippen LogP contribution in [0, 0.1) is 11.8 Å². The fraction of sp³-hybridized carbons (Fsp3) is 0.567. The van der Waals surface area contributed by atoms with Crippen LogP contribution in [-0.2, 0) is 40.1 Å². The third-order valence-corrected chi connectivity index (χ3v) is 7.14. The van der Waals surface area contributed by atoms with Crippen molar-refractivity contribution in [3.63, 3.8) is 0 Å². The van der Waals surface area contributed by atoms with Gasteiger partial charge < -0.3 is 31.7 Å². The van der Waals surface area contributed by atoms with E-state index in [9.17, 15) is 33.6 Å². The molecule has 1 heterocycles. The molecule has 44 heavy (non-hydrogen) atoms. The van der Waals surface area contributed by atoms with Gasteiger partial charge in [0, 0.05) is 37.5 Å². The number of carbonyl (C=O) groups is 7. The van der Waals surface area contributed by atoms with Crippen molar-refractivity contribution in [3.8, 4) is 0 Å². The molecule has 1 fully saturated rings. The first-order valence-corrected chi connectivity index (χ1v) is 14.8. The molecule has 0 radical (unpaired) electrons. The number of amides is 7. The third-order valence-electron chi connectivity index (χ3n) is 7.14. The van der Waals surface area contributed by atoms with Gasteiger partial charge in [-0.15, -0.1) is 0 Å². The van der Waals surface area contributed by atoms with E-state index in [4.69, 9.17) is 7.10 Å². The van der Waals surface area contributed by atoms with E-state index < -0.39 is 36.4 Å². The zero-order valence-corrected chi connectivity index (χ0v) is 25.5. The zero-order valence-electron chi connectivity index (χ0n) is 26.5. The van der Waals surface area contributed by atoms with Crippen molar-refractivity contribution < 1.29 is 39.7 Å². The van der Waals surface area contributed by atoms with Gasteiger partial charge in [0.15, 0.2) is 1.37 Å². The van der Waals surface area contributed by atoms with Crippen LogP contribution in [0.3, 0.4) is 0 Å². The first-order chi connectivity index (χ1) is 21.3. The van der Waals surface area contributed by atoms with Crippen molar-refractivity contribution in [2.45, 2.75) is 84.4 Å². The van der Waals surface area contributed by atoms with E-state index in [-0.39, 0.29) is 62.0 Å². The number of likely N-dealkylation sites (tertiary alicyclic amines) is 1. The molecule has 3 atom stereocenters. The number of imide groups is 1. The minimum atomic E-state index is -1.16. The second-order valence-electron chi connectivity index (χ2n) is 11.1.